The van der Waals surface area contributed by atoms with E-state index in [1.54, 1.807) is 0 Å². The minimum atomic E-state index is -1.71. The maximum absolute atomic E-state index is 8.75. The van der Waals surface area contributed by atoms with E-state index in [1.807, 2.05) is 0 Å². The number of aliphatic hydroxyl groups excluding tert-OH is 1. The zero-order chi connectivity index (χ0) is 9.14. The van der Waals surface area contributed by atoms with Gasteiger partial charge in [-0.25, -0.2) is 9.97 Å². The number of hydrogen-bond acceptors (Lipinski definition) is 5. The Morgan fingerprint density at radius 2 is 2.17 bits per heavy atom. The molecule has 1 aromatic heterocycles. The molecular formula is C6H7ClN2O3. The van der Waals surface area contributed by atoms with Crippen LogP contribution in [0.25, 0.3) is 0 Å². The van der Waals surface area contributed by atoms with Gasteiger partial charge in [0.2, 0.25) is 5.88 Å². The van der Waals surface area contributed by atoms with E-state index in [0.717, 1.165) is 6.33 Å². The van der Waals surface area contributed by atoms with Crippen LogP contribution in [0.15, 0.2) is 6.33 Å². The molecule has 66 valence electrons. The zero-order valence-corrected chi connectivity index (χ0v) is 6.99. The summed E-state index contributed by atoms with van der Waals surface area (Å²) in [5, 5.41) is 17.5. The lowest BCUT2D eigenvalue weighted by Crippen LogP contribution is -2.02. The molecule has 0 bridgehead atoms. The average molecular weight is 191 g/mol. The molecule has 0 aliphatic heterocycles. The van der Waals surface area contributed by atoms with Crippen LogP contribution in [0.3, 0.4) is 0 Å². The van der Waals surface area contributed by atoms with E-state index in [1.165, 1.54) is 7.11 Å². The second-order valence-electron chi connectivity index (χ2n) is 1.96. The third-order valence-electron chi connectivity index (χ3n) is 1.22. The minimum absolute atomic E-state index is 0.00926. The fraction of sp³-hybridized carbons (Fsp3) is 0.333. The molecule has 1 heterocycles. The third-order valence-corrected chi connectivity index (χ3v) is 1.58. The first kappa shape index (κ1) is 9.18. The summed E-state index contributed by atoms with van der Waals surface area (Å²) in [4.78, 5) is 7.22. The maximum atomic E-state index is 8.75. The highest BCUT2D eigenvalue weighted by Crippen LogP contribution is 2.26. The quantitative estimate of drug-likeness (QED) is 0.648. The van der Waals surface area contributed by atoms with Gasteiger partial charge in [0.15, 0.2) is 6.29 Å². The van der Waals surface area contributed by atoms with Crippen LogP contribution < -0.4 is 4.74 Å². The number of aliphatic hydroxyl groups is 2. The molecule has 0 unspecified atom stereocenters. The van der Waals surface area contributed by atoms with Crippen molar-refractivity contribution in [1.82, 2.24) is 9.97 Å². The smallest absolute Gasteiger partial charge is 0.235 e. The van der Waals surface area contributed by atoms with Crippen LogP contribution in [-0.2, 0) is 0 Å². The second kappa shape index (κ2) is 3.66. The molecule has 0 saturated heterocycles. The summed E-state index contributed by atoms with van der Waals surface area (Å²) >= 11 is 5.63. The monoisotopic (exact) mass is 190 g/mol. The molecule has 0 atom stereocenters. The number of methoxy groups -OCH3 is 1. The molecule has 0 radical (unpaired) electrons. The SMILES string of the molecule is COc1ncnc(C(O)O)c1Cl. The fourth-order valence-electron chi connectivity index (χ4n) is 0.689. The van der Waals surface area contributed by atoms with Crippen molar-refractivity contribution in [2.75, 3.05) is 7.11 Å². The summed E-state index contributed by atoms with van der Waals surface area (Å²) < 4.78 is 4.73. The summed E-state index contributed by atoms with van der Waals surface area (Å²) in [5.74, 6) is 0.120. The Hall–Kier alpha value is -0.910. The number of halogens is 1. The van der Waals surface area contributed by atoms with Crippen LogP contribution in [0.4, 0.5) is 0 Å². The van der Waals surface area contributed by atoms with E-state index >= 15 is 0 Å². The first-order valence-electron chi connectivity index (χ1n) is 3.07. The molecule has 0 fully saturated rings. The molecule has 0 spiro atoms. The maximum Gasteiger partial charge on any atom is 0.235 e. The van der Waals surface area contributed by atoms with E-state index in [4.69, 9.17) is 26.6 Å². The molecule has 1 rings (SSSR count). The molecule has 1 aromatic rings. The van der Waals surface area contributed by atoms with E-state index < -0.39 is 6.29 Å². The Balaban J connectivity index is 3.14. The van der Waals surface area contributed by atoms with Crippen molar-refractivity contribution in [3.63, 3.8) is 0 Å². The van der Waals surface area contributed by atoms with Crippen LogP contribution >= 0.6 is 11.6 Å². The normalized spacial score (nSPS) is 10.4. The molecule has 12 heavy (non-hydrogen) atoms. The highest BCUT2D eigenvalue weighted by Gasteiger charge is 2.14. The first-order chi connectivity index (χ1) is 5.66. The largest absolute Gasteiger partial charge is 0.480 e. The van der Waals surface area contributed by atoms with Crippen LogP contribution in [0, 0.1) is 0 Å². The summed E-state index contributed by atoms with van der Waals surface area (Å²) in [6.07, 6.45) is -0.575. The molecule has 0 aromatic carbocycles. The third kappa shape index (κ3) is 1.63. The van der Waals surface area contributed by atoms with E-state index in [9.17, 15) is 0 Å². The summed E-state index contributed by atoms with van der Waals surface area (Å²) in [7, 11) is 1.38. The highest BCUT2D eigenvalue weighted by molar-refractivity contribution is 6.32. The summed E-state index contributed by atoms with van der Waals surface area (Å²) in [6, 6.07) is 0. The van der Waals surface area contributed by atoms with Crippen molar-refractivity contribution in [3.05, 3.63) is 17.0 Å². The van der Waals surface area contributed by atoms with Gasteiger partial charge in [-0.2, -0.15) is 0 Å². The Morgan fingerprint density at radius 1 is 1.50 bits per heavy atom. The topological polar surface area (TPSA) is 75.5 Å². The van der Waals surface area contributed by atoms with Gasteiger partial charge in [0.25, 0.3) is 0 Å². The lowest BCUT2D eigenvalue weighted by atomic mass is 10.4. The average Bonchev–Trinajstić information content (AvgIpc) is 2.04. The molecule has 0 amide bonds. The van der Waals surface area contributed by atoms with Gasteiger partial charge < -0.3 is 14.9 Å². The van der Waals surface area contributed by atoms with Crippen molar-refractivity contribution >= 4 is 11.6 Å². The van der Waals surface area contributed by atoms with Crippen molar-refractivity contribution < 1.29 is 14.9 Å². The predicted octanol–water partition coefficient (Wildman–Crippen LogP) is 0.122. The Kier molecular flexibility index (Phi) is 2.80. The zero-order valence-electron chi connectivity index (χ0n) is 6.23. The minimum Gasteiger partial charge on any atom is -0.480 e. The molecule has 6 heteroatoms. The lowest BCUT2D eigenvalue weighted by molar-refractivity contribution is -0.0459. The van der Waals surface area contributed by atoms with Gasteiger partial charge in [-0.05, 0) is 0 Å². The molecule has 0 aliphatic rings. The number of ether oxygens (including phenoxy) is 1. The molecule has 5 nitrogen and oxygen atoms in total. The highest BCUT2D eigenvalue weighted by atomic mass is 35.5. The van der Waals surface area contributed by atoms with Crippen LogP contribution in [0.5, 0.6) is 5.88 Å². The van der Waals surface area contributed by atoms with Crippen LogP contribution in [0.1, 0.15) is 12.0 Å². The Morgan fingerprint density at radius 3 is 2.67 bits per heavy atom. The van der Waals surface area contributed by atoms with Crippen molar-refractivity contribution in [2.24, 2.45) is 0 Å². The standard InChI is InChI=1S/C6H7ClN2O3/c1-12-5-3(7)4(6(10)11)8-2-9-5/h2,6,10-11H,1H3. The molecule has 0 aliphatic carbocycles. The van der Waals surface area contributed by atoms with Gasteiger partial charge in [0.05, 0.1) is 7.11 Å². The molecular weight excluding hydrogens is 184 g/mol. The number of nitrogens with zero attached hydrogens (tertiary/aromatic N) is 2. The van der Waals surface area contributed by atoms with Crippen molar-refractivity contribution in [2.45, 2.75) is 6.29 Å². The van der Waals surface area contributed by atoms with Gasteiger partial charge in [-0.3, -0.25) is 0 Å². The van der Waals surface area contributed by atoms with Crippen molar-refractivity contribution in [3.8, 4) is 5.88 Å². The summed E-state index contributed by atoms with van der Waals surface area (Å²) in [6.45, 7) is 0. The fourth-order valence-corrected chi connectivity index (χ4v) is 0.961. The lowest BCUT2D eigenvalue weighted by Gasteiger charge is -2.06. The van der Waals surface area contributed by atoms with Crippen LogP contribution in [-0.4, -0.2) is 27.3 Å². The van der Waals surface area contributed by atoms with E-state index in [2.05, 4.69) is 9.97 Å². The van der Waals surface area contributed by atoms with Gasteiger partial charge in [-0.15, -0.1) is 0 Å². The molecule has 2 N–H and O–H groups in total. The van der Waals surface area contributed by atoms with Gasteiger partial charge in [-0.1, -0.05) is 11.6 Å². The number of aromatic nitrogens is 2. The van der Waals surface area contributed by atoms with Gasteiger partial charge in [0, 0.05) is 0 Å². The Bertz CT molecular complexity index is 279. The summed E-state index contributed by atoms with van der Waals surface area (Å²) in [5.41, 5.74) is -0.0662. The van der Waals surface area contributed by atoms with Gasteiger partial charge in [0.1, 0.15) is 17.0 Å². The van der Waals surface area contributed by atoms with Gasteiger partial charge >= 0.3 is 0 Å². The van der Waals surface area contributed by atoms with Crippen LogP contribution in [0.2, 0.25) is 5.02 Å². The van der Waals surface area contributed by atoms with Crippen molar-refractivity contribution in [1.29, 1.82) is 0 Å². The second-order valence-corrected chi connectivity index (χ2v) is 2.33. The predicted molar refractivity (Wildman–Crippen MR) is 40.8 cm³/mol. The number of rotatable bonds is 2. The Labute approximate surface area is 73.6 Å². The van der Waals surface area contributed by atoms with E-state index in [-0.39, 0.29) is 16.6 Å². The first-order valence-corrected chi connectivity index (χ1v) is 3.45. The molecule has 0 saturated carbocycles. The number of hydrogen-bond donors (Lipinski definition) is 2. The van der Waals surface area contributed by atoms with E-state index in [0.29, 0.717) is 0 Å².